The van der Waals surface area contributed by atoms with E-state index in [-0.39, 0.29) is 11.7 Å². The van der Waals surface area contributed by atoms with Crippen molar-refractivity contribution in [1.82, 2.24) is 24.4 Å². The number of imidazole rings is 1. The van der Waals surface area contributed by atoms with Gasteiger partial charge in [0.15, 0.2) is 0 Å². The molecule has 0 spiro atoms. The van der Waals surface area contributed by atoms with Crippen LogP contribution in [0.25, 0.3) is 11.0 Å². The third-order valence-electron chi connectivity index (χ3n) is 7.18. The number of anilines is 1. The van der Waals surface area contributed by atoms with Gasteiger partial charge in [0.05, 0.1) is 46.5 Å². The summed E-state index contributed by atoms with van der Waals surface area (Å²) in [5.41, 5.74) is 2.70. The fourth-order valence-corrected chi connectivity index (χ4v) is 5.01. The minimum Gasteiger partial charge on any atom is -0.478 e. The summed E-state index contributed by atoms with van der Waals surface area (Å²) in [6.45, 7) is 5.81. The number of hydrogen-bond donors (Lipinski definition) is 1. The van der Waals surface area contributed by atoms with Crippen LogP contribution in [-0.2, 0) is 24.4 Å². The van der Waals surface area contributed by atoms with E-state index >= 15 is 0 Å². The number of carboxylic acids is 1. The molecule has 1 atom stereocenters. The molecule has 1 N–H and O–H groups in total. The first-order valence-electron chi connectivity index (χ1n) is 13.0. The van der Waals surface area contributed by atoms with E-state index in [1.54, 1.807) is 30.5 Å². The highest BCUT2D eigenvalue weighted by Crippen LogP contribution is 2.24. The third-order valence-corrected chi connectivity index (χ3v) is 7.40. The zero-order valence-corrected chi connectivity index (χ0v) is 22.1. The van der Waals surface area contributed by atoms with Gasteiger partial charge in [-0.1, -0.05) is 17.7 Å². The van der Waals surface area contributed by atoms with Gasteiger partial charge in [0.2, 0.25) is 5.88 Å². The molecule has 11 heteroatoms. The molecule has 39 heavy (non-hydrogen) atoms. The van der Waals surface area contributed by atoms with Gasteiger partial charge in [0.1, 0.15) is 18.2 Å². The summed E-state index contributed by atoms with van der Waals surface area (Å²) in [7, 11) is 0. The van der Waals surface area contributed by atoms with Gasteiger partial charge >= 0.3 is 5.97 Å². The number of fused-ring (bicyclic) bond motifs is 1. The smallest absolute Gasteiger partial charge is 0.335 e. The number of rotatable bonds is 9. The molecule has 6 rings (SSSR count). The molecule has 0 unspecified atom stereocenters. The second-order valence-electron chi connectivity index (χ2n) is 9.78. The average molecular weight is 549 g/mol. The van der Waals surface area contributed by atoms with Crippen molar-refractivity contribution in [1.29, 1.82) is 0 Å². The Morgan fingerprint density at radius 1 is 1.10 bits per heavy atom. The van der Waals surface area contributed by atoms with Gasteiger partial charge in [0, 0.05) is 45.0 Å². The predicted octanol–water partition coefficient (Wildman–Crippen LogP) is 3.87. The Balaban J connectivity index is 1.11. The van der Waals surface area contributed by atoms with E-state index in [4.69, 9.17) is 31.0 Å². The summed E-state index contributed by atoms with van der Waals surface area (Å²) >= 11 is 5.91. The van der Waals surface area contributed by atoms with Crippen molar-refractivity contribution in [2.75, 3.05) is 37.7 Å². The van der Waals surface area contributed by atoms with Crippen LogP contribution in [0.2, 0.25) is 5.02 Å². The number of carboxylic acid groups (broad SMARTS) is 1. The molecular weight excluding hydrogens is 520 g/mol. The normalized spacial score (nSPS) is 17.8. The lowest BCUT2D eigenvalue weighted by Crippen LogP contribution is -2.46. The molecular formula is C28H29ClN6O4. The van der Waals surface area contributed by atoms with Crippen molar-refractivity contribution in [3.8, 4) is 5.88 Å². The third kappa shape index (κ3) is 5.83. The number of nitrogens with zero attached hydrogens (tertiary/aromatic N) is 6. The minimum absolute atomic E-state index is 0.141. The molecule has 0 aliphatic carbocycles. The van der Waals surface area contributed by atoms with Gasteiger partial charge in [-0.05, 0) is 42.8 Å². The Morgan fingerprint density at radius 3 is 2.67 bits per heavy atom. The van der Waals surface area contributed by atoms with Gasteiger partial charge in [-0.15, -0.1) is 0 Å². The molecule has 2 fully saturated rings. The number of halogens is 1. The Bertz CT molecular complexity index is 1460. The van der Waals surface area contributed by atoms with Crippen LogP contribution in [0.15, 0.2) is 54.7 Å². The van der Waals surface area contributed by atoms with Crippen LogP contribution < -0.4 is 9.64 Å². The first-order chi connectivity index (χ1) is 19.0. The van der Waals surface area contributed by atoms with Crippen molar-refractivity contribution in [2.24, 2.45) is 0 Å². The lowest BCUT2D eigenvalue weighted by atomic mass is 10.1. The Morgan fingerprint density at radius 2 is 1.95 bits per heavy atom. The van der Waals surface area contributed by atoms with Crippen LogP contribution in [0.1, 0.15) is 28.3 Å². The van der Waals surface area contributed by atoms with E-state index < -0.39 is 5.97 Å². The zero-order valence-electron chi connectivity index (χ0n) is 21.4. The maximum absolute atomic E-state index is 11.6. The van der Waals surface area contributed by atoms with Crippen LogP contribution >= 0.6 is 11.6 Å². The number of aromatic nitrogens is 4. The summed E-state index contributed by atoms with van der Waals surface area (Å²) in [4.78, 5) is 30.0. The van der Waals surface area contributed by atoms with Crippen LogP contribution in [0.3, 0.4) is 0 Å². The molecule has 1 aromatic carbocycles. The summed E-state index contributed by atoms with van der Waals surface area (Å²) in [5, 5.41) is 10.1. The molecule has 3 aromatic heterocycles. The van der Waals surface area contributed by atoms with Gasteiger partial charge in [-0.25, -0.2) is 9.78 Å². The fourth-order valence-electron chi connectivity index (χ4n) is 4.90. The number of pyridine rings is 2. The van der Waals surface area contributed by atoms with E-state index in [9.17, 15) is 9.90 Å². The lowest BCUT2D eigenvalue weighted by Gasteiger charge is -2.35. The van der Waals surface area contributed by atoms with Crippen molar-refractivity contribution >= 4 is 34.4 Å². The number of aromatic carboxylic acids is 1. The SMILES string of the molecule is O=C(O)c1ccc2nc(CN3CCN(c4cccc(OCc5ccc(Cl)cn5)n4)CC3)n(C[C@@H]3CCO3)c2c1. The van der Waals surface area contributed by atoms with Gasteiger partial charge in [-0.2, -0.15) is 4.98 Å². The summed E-state index contributed by atoms with van der Waals surface area (Å²) in [5.74, 6) is 1.43. The molecule has 4 aromatic rings. The molecule has 10 nitrogen and oxygen atoms in total. The number of piperazine rings is 1. The molecule has 0 amide bonds. The lowest BCUT2D eigenvalue weighted by molar-refractivity contribution is -0.0592. The maximum atomic E-state index is 11.6. The Labute approximate surface area is 230 Å². The van der Waals surface area contributed by atoms with Crippen molar-refractivity contribution in [2.45, 2.75) is 32.2 Å². The van der Waals surface area contributed by atoms with Gasteiger partial charge in [-0.3, -0.25) is 9.88 Å². The first kappa shape index (κ1) is 25.5. The Kier molecular flexibility index (Phi) is 7.32. The predicted molar refractivity (Wildman–Crippen MR) is 146 cm³/mol. The van der Waals surface area contributed by atoms with Crippen LogP contribution in [0.4, 0.5) is 5.82 Å². The number of ether oxygens (including phenoxy) is 2. The minimum atomic E-state index is -0.938. The van der Waals surface area contributed by atoms with E-state index in [1.807, 2.05) is 24.3 Å². The number of carbonyl (C=O) groups is 1. The zero-order chi connectivity index (χ0) is 26.8. The standard InChI is InChI=1S/C28H29ClN6O4/c29-20-5-6-21(30-15-20)18-39-27-3-1-2-25(32-27)34-11-9-33(10-12-34)17-26-31-23-7-4-19(28(36)37)14-24(23)35(26)16-22-8-13-38-22/h1-7,14-15,22H,8-13,16-18H2,(H,36,37)/t22-/m0/s1. The number of benzene rings is 1. The van der Waals surface area contributed by atoms with Crippen molar-refractivity contribution < 1.29 is 19.4 Å². The van der Waals surface area contributed by atoms with Crippen LogP contribution in [0, 0.1) is 0 Å². The van der Waals surface area contributed by atoms with E-state index in [0.29, 0.717) is 30.6 Å². The second kappa shape index (κ2) is 11.2. The van der Waals surface area contributed by atoms with E-state index in [0.717, 1.165) is 67.6 Å². The number of hydrogen-bond acceptors (Lipinski definition) is 8. The largest absolute Gasteiger partial charge is 0.478 e. The quantitative estimate of drug-likeness (QED) is 0.333. The summed E-state index contributed by atoms with van der Waals surface area (Å²) < 4.78 is 13.7. The van der Waals surface area contributed by atoms with Gasteiger partial charge < -0.3 is 24.0 Å². The molecule has 2 aliphatic heterocycles. The highest BCUT2D eigenvalue weighted by Gasteiger charge is 2.25. The first-order valence-corrected chi connectivity index (χ1v) is 13.4. The van der Waals surface area contributed by atoms with E-state index in [2.05, 4.69) is 19.4 Å². The average Bonchev–Trinajstić information content (AvgIpc) is 3.26. The summed E-state index contributed by atoms with van der Waals surface area (Å²) in [6, 6.07) is 14.6. The molecule has 5 heterocycles. The van der Waals surface area contributed by atoms with Crippen molar-refractivity contribution in [3.63, 3.8) is 0 Å². The molecule has 0 saturated carbocycles. The monoisotopic (exact) mass is 548 g/mol. The molecule has 2 aliphatic rings. The topological polar surface area (TPSA) is 106 Å². The highest BCUT2D eigenvalue weighted by molar-refractivity contribution is 6.30. The molecule has 202 valence electrons. The van der Waals surface area contributed by atoms with Crippen LogP contribution in [-0.4, -0.2) is 74.4 Å². The molecule has 0 bridgehead atoms. The maximum Gasteiger partial charge on any atom is 0.335 e. The molecule has 0 radical (unpaired) electrons. The van der Waals surface area contributed by atoms with Crippen molar-refractivity contribution in [3.05, 3.63) is 76.8 Å². The summed E-state index contributed by atoms with van der Waals surface area (Å²) in [6.07, 6.45) is 2.75. The molecule has 2 saturated heterocycles. The highest BCUT2D eigenvalue weighted by atomic mass is 35.5. The Hall–Kier alpha value is -3.73. The fraction of sp³-hybridized carbons (Fsp3) is 0.357. The van der Waals surface area contributed by atoms with Crippen LogP contribution in [0.5, 0.6) is 5.88 Å². The second-order valence-corrected chi connectivity index (χ2v) is 10.2. The van der Waals surface area contributed by atoms with Gasteiger partial charge in [0.25, 0.3) is 0 Å². The van der Waals surface area contributed by atoms with E-state index in [1.165, 1.54) is 0 Å².